The summed E-state index contributed by atoms with van der Waals surface area (Å²) in [6.45, 7) is 10.1. The normalized spacial score (nSPS) is 19.2. The van der Waals surface area contributed by atoms with Crippen LogP contribution in [0.15, 0.2) is 18.2 Å². The molecule has 3 heteroatoms. The molecule has 2 atom stereocenters. The summed E-state index contributed by atoms with van der Waals surface area (Å²) in [6, 6.07) is 5.32. The third-order valence-electron chi connectivity index (χ3n) is 4.23. The van der Waals surface area contributed by atoms with Gasteiger partial charge < -0.3 is 10.1 Å². The zero-order valence-corrected chi connectivity index (χ0v) is 13.7. The molecule has 0 amide bonds. The van der Waals surface area contributed by atoms with Crippen molar-refractivity contribution in [2.45, 2.75) is 65.5 Å². The Bertz CT molecular complexity index is 467. The van der Waals surface area contributed by atoms with Gasteiger partial charge in [0, 0.05) is 18.0 Å². The maximum Gasteiger partial charge on any atom is 0.123 e. The topological polar surface area (TPSA) is 21.3 Å². The lowest BCUT2D eigenvalue weighted by molar-refractivity contribution is 0.184. The molecule has 1 aliphatic heterocycles. The van der Waals surface area contributed by atoms with Crippen LogP contribution < -0.4 is 10.1 Å². The number of fused-ring (bicyclic) bond motifs is 1. The fourth-order valence-corrected chi connectivity index (χ4v) is 2.96. The molecule has 21 heavy (non-hydrogen) atoms. The van der Waals surface area contributed by atoms with E-state index in [0.29, 0.717) is 6.04 Å². The minimum Gasteiger partial charge on any atom is -0.490 e. The molecule has 0 aromatic heterocycles. The van der Waals surface area contributed by atoms with E-state index in [1.54, 1.807) is 12.1 Å². The average molecular weight is 293 g/mol. The van der Waals surface area contributed by atoms with Crippen LogP contribution in [0.5, 0.6) is 5.75 Å². The molecule has 1 aromatic carbocycles. The zero-order chi connectivity index (χ0) is 15.5. The first-order valence-corrected chi connectivity index (χ1v) is 8.08. The Balaban J connectivity index is 1.88. The fourth-order valence-electron chi connectivity index (χ4n) is 2.96. The van der Waals surface area contributed by atoms with Gasteiger partial charge in [0.25, 0.3) is 0 Å². The van der Waals surface area contributed by atoms with E-state index in [1.165, 1.54) is 6.07 Å². The molecule has 2 rings (SSSR count). The number of ether oxygens (including phenoxy) is 1. The maximum absolute atomic E-state index is 13.2. The molecule has 0 aliphatic carbocycles. The molecule has 118 valence electrons. The summed E-state index contributed by atoms with van der Waals surface area (Å²) in [6.07, 6.45) is 4.27. The second-order valence-electron chi connectivity index (χ2n) is 7.15. The van der Waals surface area contributed by atoms with Crippen LogP contribution in [0.3, 0.4) is 0 Å². The van der Waals surface area contributed by atoms with Crippen molar-refractivity contribution in [3.63, 3.8) is 0 Å². The fraction of sp³-hybridized carbons (Fsp3) is 0.667. The third-order valence-corrected chi connectivity index (χ3v) is 4.23. The first kappa shape index (κ1) is 16.3. The van der Waals surface area contributed by atoms with Gasteiger partial charge in [-0.2, -0.15) is 0 Å². The van der Waals surface area contributed by atoms with E-state index in [1.807, 2.05) is 0 Å². The number of nitrogens with one attached hydrogen (secondary N) is 1. The molecule has 1 aromatic rings. The van der Waals surface area contributed by atoms with Gasteiger partial charge in [0.05, 0.1) is 0 Å². The maximum atomic E-state index is 13.2. The predicted octanol–water partition coefficient (Wildman–Crippen LogP) is 4.32. The van der Waals surface area contributed by atoms with Crippen LogP contribution in [0.25, 0.3) is 0 Å². The van der Waals surface area contributed by atoms with Crippen molar-refractivity contribution in [3.05, 3.63) is 29.6 Å². The smallest absolute Gasteiger partial charge is 0.123 e. The van der Waals surface area contributed by atoms with Crippen molar-refractivity contribution in [2.75, 3.05) is 6.54 Å². The Morgan fingerprint density at radius 3 is 2.81 bits per heavy atom. The van der Waals surface area contributed by atoms with Gasteiger partial charge in [-0.3, -0.25) is 0 Å². The molecule has 0 radical (unpaired) electrons. The number of hydrogen-bond donors (Lipinski definition) is 1. The van der Waals surface area contributed by atoms with Crippen molar-refractivity contribution in [1.29, 1.82) is 0 Å². The van der Waals surface area contributed by atoms with Crippen LogP contribution >= 0.6 is 0 Å². The number of hydrogen-bond acceptors (Lipinski definition) is 2. The van der Waals surface area contributed by atoms with Gasteiger partial charge >= 0.3 is 0 Å². The van der Waals surface area contributed by atoms with Crippen molar-refractivity contribution >= 4 is 0 Å². The van der Waals surface area contributed by atoms with Crippen molar-refractivity contribution in [3.8, 4) is 5.75 Å². The van der Waals surface area contributed by atoms with E-state index < -0.39 is 0 Å². The van der Waals surface area contributed by atoms with Crippen molar-refractivity contribution in [1.82, 2.24) is 5.32 Å². The van der Waals surface area contributed by atoms with Crippen molar-refractivity contribution in [2.24, 2.45) is 5.41 Å². The summed E-state index contributed by atoms with van der Waals surface area (Å²) in [4.78, 5) is 0. The van der Waals surface area contributed by atoms with Gasteiger partial charge in [0.1, 0.15) is 17.7 Å². The van der Waals surface area contributed by atoms with Crippen LogP contribution in [-0.2, 0) is 6.42 Å². The molecular weight excluding hydrogens is 265 g/mol. The van der Waals surface area contributed by atoms with E-state index in [9.17, 15) is 4.39 Å². The summed E-state index contributed by atoms with van der Waals surface area (Å²) in [7, 11) is 0. The van der Waals surface area contributed by atoms with Crippen LogP contribution in [0.2, 0.25) is 0 Å². The lowest BCUT2D eigenvalue weighted by Crippen LogP contribution is -2.41. The molecule has 0 saturated heterocycles. The first-order chi connectivity index (χ1) is 9.90. The highest BCUT2D eigenvalue weighted by molar-refractivity contribution is 5.37. The van der Waals surface area contributed by atoms with E-state index in [0.717, 1.165) is 43.5 Å². The Kier molecular flexibility index (Phi) is 5.26. The quantitative estimate of drug-likeness (QED) is 0.843. The second-order valence-corrected chi connectivity index (χ2v) is 7.15. The minimum absolute atomic E-state index is 0.171. The molecule has 1 heterocycles. The lowest BCUT2D eigenvalue weighted by Gasteiger charge is -2.32. The second kappa shape index (κ2) is 6.78. The molecule has 1 N–H and O–H groups in total. The van der Waals surface area contributed by atoms with Gasteiger partial charge in [-0.05, 0) is 49.4 Å². The molecule has 0 fully saturated rings. The lowest BCUT2D eigenvalue weighted by atomic mass is 9.83. The summed E-state index contributed by atoms with van der Waals surface area (Å²) >= 11 is 0. The highest BCUT2D eigenvalue weighted by atomic mass is 19.1. The number of rotatable bonds is 6. The monoisotopic (exact) mass is 293 g/mol. The van der Waals surface area contributed by atoms with Crippen molar-refractivity contribution < 1.29 is 9.13 Å². The molecule has 0 spiro atoms. The Morgan fingerprint density at radius 2 is 2.14 bits per heavy atom. The molecule has 2 unspecified atom stereocenters. The Labute approximate surface area is 128 Å². The van der Waals surface area contributed by atoms with Gasteiger partial charge in [-0.25, -0.2) is 4.39 Å². The molecule has 1 aliphatic rings. The minimum atomic E-state index is -0.171. The number of halogens is 1. The summed E-state index contributed by atoms with van der Waals surface area (Å²) in [5.74, 6) is 0.686. The largest absolute Gasteiger partial charge is 0.490 e. The molecule has 0 saturated carbocycles. The highest BCUT2D eigenvalue weighted by Crippen LogP contribution is 2.32. The van der Waals surface area contributed by atoms with Crippen LogP contribution in [-0.4, -0.2) is 18.7 Å². The first-order valence-electron chi connectivity index (χ1n) is 8.08. The Morgan fingerprint density at radius 1 is 1.38 bits per heavy atom. The molecule has 0 bridgehead atoms. The van der Waals surface area contributed by atoms with Gasteiger partial charge in [-0.1, -0.05) is 27.7 Å². The van der Waals surface area contributed by atoms with E-state index >= 15 is 0 Å². The zero-order valence-electron chi connectivity index (χ0n) is 13.7. The van der Waals surface area contributed by atoms with Gasteiger partial charge in [-0.15, -0.1) is 0 Å². The van der Waals surface area contributed by atoms with Crippen LogP contribution in [0.4, 0.5) is 4.39 Å². The standard InChI is InChI=1S/C18H28FNO/c1-5-10-20-17(18(2,3)4)9-7-15-12-13-11-14(19)6-8-16(13)21-15/h6,8,11,15,17,20H,5,7,9-10,12H2,1-4H3. The summed E-state index contributed by atoms with van der Waals surface area (Å²) < 4.78 is 19.2. The predicted molar refractivity (Wildman–Crippen MR) is 85.3 cm³/mol. The average Bonchev–Trinajstić information content (AvgIpc) is 2.79. The van der Waals surface area contributed by atoms with Crippen LogP contribution in [0.1, 0.15) is 52.5 Å². The SMILES string of the molecule is CCCNC(CCC1Cc2cc(F)ccc2O1)C(C)(C)C. The van der Waals surface area contributed by atoms with E-state index in [4.69, 9.17) is 4.74 Å². The summed E-state index contributed by atoms with van der Waals surface area (Å²) in [5.41, 5.74) is 1.25. The highest BCUT2D eigenvalue weighted by Gasteiger charge is 2.28. The number of benzene rings is 1. The Hall–Kier alpha value is -1.09. The summed E-state index contributed by atoms with van der Waals surface area (Å²) in [5, 5.41) is 3.65. The van der Waals surface area contributed by atoms with Gasteiger partial charge in [0.15, 0.2) is 0 Å². The van der Waals surface area contributed by atoms with Gasteiger partial charge in [0.2, 0.25) is 0 Å². The van der Waals surface area contributed by atoms with E-state index in [-0.39, 0.29) is 17.3 Å². The van der Waals surface area contributed by atoms with Crippen LogP contribution in [0, 0.1) is 11.2 Å². The molecule has 2 nitrogen and oxygen atoms in total. The third kappa shape index (κ3) is 4.44. The molecular formula is C18H28FNO. The van der Waals surface area contributed by atoms with E-state index in [2.05, 4.69) is 33.0 Å².